The molecule has 88 valence electrons. The largest absolute Gasteiger partial charge is 0.371 e. The van der Waals surface area contributed by atoms with Crippen molar-refractivity contribution in [1.29, 1.82) is 0 Å². The van der Waals surface area contributed by atoms with Gasteiger partial charge >= 0.3 is 0 Å². The summed E-state index contributed by atoms with van der Waals surface area (Å²) in [6.07, 6.45) is 2.27. The standard InChI is InChI=1S/C14H21NO/c1-14(8-10-15(2)11-9-14)16-12-13-6-4-3-5-7-13/h3-7H,8-12H2,1-2H3. The first-order chi connectivity index (χ1) is 7.68. The molecule has 0 radical (unpaired) electrons. The van der Waals surface area contributed by atoms with Gasteiger partial charge in [0.2, 0.25) is 0 Å². The van der Waals surface area contributed by atoms with Gasteiger partial charge in [-0.1, -0.05) is 30.3 Å². The molecule has 1 saturated heterocycles. The molecule has 1 heterocycles. The summed E-state index contributed by atoms with van der Waals surface area (Å²) >= 11 is 0. The zero-order valence-electron chi connectivity index (χ0n) is 10.3. The minimum atomic E-state index is 0.0718. The number of benzene rings is 1. The van der Waals surface area contributed by atoms with Crippen molar-refractivity contribution in [3.05, 3.63) is 35.9 Å². The van der Waals surface area contributed by atoms with Crippen molar-refractivity contribution in [3.63, 3.8) is 0 Å². The smallest absolute Gasteiger partial charge is 0.0724 e. The first-order valence-electron chi connectivity index (χ1n) is 6.04. The molecule has 16 heavy (non-hydrogen) atoms. The summed E-state index contributed by atoms with van der Waals surface area (Å²) < 4.78 is 6.08. The second kappa shape index (κ2) is 4.98. The number of ether oxygens (including phenoxy) is 1. The van der Waals surface area contributed by atoms with Crippen LogP contribution in [-0.4, -0.2) is 30.6 Å². The fraction of sp³-hybridized carbons (Fsp3) is 0.571. The monoisotopic (exact) mass is 219 g/mol. The summed E-state index contributed by atoms with van der Waals surface area (Å²) in [6, 6.07) is 10.4. The molecule has 1 aromatic rings. The van der Waals surface area contributed by atoms with Gasteiger partial charge in [-0.25, -0.2) is 0 Å². The molecule has 1 aliphatic rings. The van der Waals surface area contributed by atoms with Gasteiger partial charge in [0.05, 0.1) is 12.2 Å². The van der Waals surface area contributed by atoms with Crippen LogP contribution in [0.25, 0.3) is 0 Å². The Morgan fingerprint density at radius 2 is 1.81 bits per heavy atom. The Morgan fingerprint density at radius 1 is 1.19 bits per heavy atom. The summed E-state index contributed by atoms with van der Waals surface area (Å²) in [5, 5.41) is 0. The molecule has 0 unspecified atom stereocenters. The summed E-state index contributed by atoms with van der Waals surface area (Å²) in [4.78, 5) is 2.37. The third-order valence-electron chi connectivity index (χ3n) is 3.47. The molecular formula is C14H21NO. The maximum atomic E-state index is 6.08. The van der Waals surface area contributed by atoms with Gasteiger partial charge in [0.15, 0.2) is 0 Å². The molecule has 0 amide bonds. The Bertz CT molecular complexity index is 315. The zero-order chi connectivity index (χ0) is 11.4. The third-order valence-corrected chi connectivity index (χ3v) is 3.47. The molecule has 1 aromatic carbocycles. The lowest BCUT2D eigenvalue weighted by molar-refractivity contribution is -0.0774. The topological polar surface area (TPSA) is 12.5 Å². The summed E-state index contributed by atoms with van der Waals surface area (Å²) in [7, 11) is 2.18. The van der Waals surface area contributed by atoms with Crippen LogP contribution in [0.5, 0.6) is 0 Å². The molecule has 0 aliphatic carbocycles. The van der Waals surface area contributed by atoms with Crippen molar-refractivity contribution in [2.45, 2.75) is 32.0 Å². The average Bonchev–Trinajstić information content (AvgIpc) is 2.33. The number of hydrogen-bond donors (Lipinski definition) is 0. The van der Waals surface area contributed by atoms with Gasteiger partial charge in [-0.15, -0.1) is 0 Å². The second-order valence-corrected chi connectivity index (χ2v) is 5.03. The molecule has 0 saturated carbocycles. The predicted octanol–water partition coefficient (Wildman–Crippen LogP) is 2.69. The van der Waals surface area contributed by atoms with Crippen molar-refractivity contribution >= 4 is 0 Å². The number of rotatable bonds is 3. The quantitative estimate of drug-likeness (QED) is 0.775. The van der Waals surface area contributed by atoms with Crippen LogP contribution in [0.15, 0.2) is 30.3 Å². The van der Waals surface area contributed by atoms with Gasteiger partial charge in [-0.2, -0.15) is 0 Å². The Hall–Kier alpha value is -0.860. The van der Waals surface area contributed by atoms with Crippen molar-refractivity contribution in [2.75, 3.05) is 20.1 Å². The first kappa shape index (κ1) is 11.6. The van der Waals surface area contributed by atoms with Crippen LogP contribution < -0.4 is 0 Å². The first-order valence-corrected chi connectivity index (χ1v) is 6.04. The van der Waals surface area contributed by atoms with Crippen LogP contribution in [0, 0.1) is 0 Å². The Kier molecular flexibility index (Phi) is 3.62. The number of nitrogens with zero attached hydrogens (tertiary/aromatic N) is 1. The molecular weight excluding hydrogens is 198 g/mol. The molecule has 0 N–H and O–H groups in total. The van der Waals surface area contributed by atoms with Gasteiger partial charge in [0, 0.05) is 13.1 Å². The molecule has 1 aliphatic heterocycles. The van der Waals surface area contributed by atoms with Gasteiger partial charge in [0.25, 0.3) is 0 Å². The highest BCUT2D eigenvalue weighted by Crippen LogP contribution is 2.26. The van der Waals surface area contributed by atoms with Crippen LogP contribution in [0.1, 0.15) is 25.3 Å². The normalized spacial score (nSPS) is 20.9. The van der Waals surface area contributed by atoms with E-state index in [4.69, 9.17) is 4.74 Å². The summed E-state index contributed by atoms with van der Waals surface area (Å²) in [5.74, 6) is 0. The van der Waals surface area contributed by atoms with E-state index >= 15 is 0 Å². The molecule has 2 nitrogen and oxygen atoms in total. The molecule has 2 heteroatoms. The van der Waals surface area contributed by atoms with E-state index in [0.717, 1.165) is 32.5 Å². The average molecular weight is 219 g/mol. The zero-order valence-corrected chi connectivity index (χ0v) is 10.3. The van der Waals surface area contributed by atoms with E-state index in [0.29, 0.717) is 0 Å². The van der Waals surface area contributed by atoms with E-state index in [1.54, 1.807) is 0 Å². The molecule has 2 rings (SSSR count). The Morgan fingerprint density at radius 3 is 2.44 bits per heavy atom. The fourth-order valence-corrected chi connectivity index (χ4v) is 2.07. The van der Waals surface area contributed by atoms with Crippen LogP contribution in [0.2, 0.25) is 0 Å². The van der Waals surface area contributed by atoms with E-state index in [2.05, 4.69) is 43.1 Å². The third kappa shape index (κ3) is 3.06. The minimum Gasteiger partial charge on any atom is -0.371 e. The lowest BCUT2D eigenvalue weighted by atomic mass is 9.93. The molecule has 1 fully saturated rings. The van der Waals surface area contributed by atoms with E-state index < -0.39 is 0 Å². The van der Waals surface area contributed by atoms with Gasteiger partial charge < -0.3 is 9.64 Å². The minimum absolute atomic E-state index is 0.0718. The lowest BCUT2D eigenvalue weighted by Crippen LogP contribution is -2.42. The number of hydrogen-bond acceptors (Lipinski definition) is 2. The summed E-state index contributed by atoms with van der Waals surface area (Å²) in [6.45, 7) is 5.26. The van der Waals surface area contributed by atoms with Crippen molar-refractivity contribution in [2.24, 2.45) is 0 Å². The maximum absolute atomic E-state index is 6.08. The molecule has 0 atom stereocenters. The summed E-state index contributed by atoms with van der Waals surface area (Å²) in [5.41, 5.74) is 1.34. The fourth-order valence-electron chi connectivity index (χ4n) is 2.07. The number of piperidine rings is 1. The lowest BCUT2D eigenvalue weighted by Gasteiger charge is -2.37. The van der Waals surface area contributed by atoms with Crippen molar-refractivity contribution in [3.8, 4) is 0 Å². The Balaban J connectivity index is 1.85. The van der Waals surface area contributed by atoms with Gasteiger partial charge in [-0.3, -0.25) is 0 Å². The van der Waals surface area contributed by atoms with Crippen LogP contribution in [0.4, 0.5) is 0 Å². The van der Waals surface area contributed by atoms with Crippen molar-refractivity contribution in [1.82, 2.24) is 4.90 Å². The maximum Gasteiger partial charge on any atom is 0.0724 e. The van der Waals surface area contributed by atoms with Gasteiger partial charge in [-0.05, 0) is 32.4 Å². The molecule has 0 aromatic heterocycles. The van der Waals surface area contributed by atoms with E-state index in [9.17, 15) is 0 Å². The van der Waals surface area contributed by atoms with Crippen LogP contribution >= 0.6 is 0 Å². The number of likely N-dealkylation sites (tertiary alicyclic amines) is 1. The molecule has 0 bridgehead atoms. The molecule has 0 spiro atoms. The van der Waals surface area contributed by atoms with Crippen molar-refractivity contribution < 1.29 is 4.74 Å². The van der Waals surface area contributed by atoms with Crippen LogP contribution in [-0.2, 0) is 11.3 Å². The Labute approximate surface area is 98.2 Å². The highest BCUT2D eigenvalue weighted by atomic mass is 16.5. The van der Waals surface area contributed by atoms with Crippen LogP contribution in [0.3, 0.4) is 0 Å². The van der Waals surface area contributed by atoms with E-state index in [1.807, 2.05) is 6.07 Å². The van der Waals surface area contributed by atoms with E-state index in [-0.39, 0.29) is 5.60 Å². The highest BCUT2D eigenvalue weighted by molar-refractivity contribution is 5.13. The highest BCUT2D eigenvalue weighted by Gasteiger charge is 2.29. The SMILES string of the molecule is CN1CCC(C)(OCc2ccccc2)CC1. The van der Waals surface area contributed by atoms with E-state index in [1.165, 1.54) is 5.56 Å². The predicted molar refractivity (Wildman–Crippen MR) is 66.4 cm³/mol. The second-order valence-electron chi connectivity index (χ2n) is 5.03. The van der Waals surface area contributed by atoms with Gasteiger partial charge in [0.1, 0.15) is 0 Å².